The third kappa shape index (κ3) is 1.14. The third-order valence-corrected chi connectivity index (χ3v) is 5.41. The van der Waals surface area contributed by atoms with Gasteiger partial charge >= 0.3 is 0 Å². The average Bonchev–Trinajstić information content (AvgIpc) is 2.55. The van der Waals surface area contributed by atoms with Gasteiger partial charge in [-0.15, -0.1) is 0 Å². The second kappa shape index (κ2) is 2.78. The second-order valence-corrected chi connectivity index (χ2v) is 6.43. The minimum atomic E-state index is 0.601. The first kappa shape index (κ1) is 9.69. The Labute approximate surface area is 93.5 Å². The lowest BCUT2D eigenvalue weighted by atomic mass is 9.87. The fourth-order valence-electron chi connectivity index (χ4n) is 4.33. The van der Waals surface area contributed by atoms with E-state index in [0.29, 0.717) is 5.41 Å². The Bertz CT molecular complexity index is 356. The summed E-state index contributed by atoms with van der Waals surface area (Å²) in [7, 11) is 0. The Morgan fingerprint density at radius 1 is 1.20 bits per heavy atom. The Hall–Kier alpha value is -0.520. The van der Waals surface area contributed by atoms with E-state index in [9.17, 15) is 0 Å². The van der Waals surface area contributed by atoms with Gasteiger partial charge in [0.05, 0.1) is 0 Å². The molecule has 0 heteroatoms. The maximum absolute atomic E-state index is 4.32. The first-order chi connectivity index (χ1) is 7.03. The van der Waals surface area contributed by atoms with E-state index < -0.39 is 0 Å². The van der Waals surface area contributed by atoms with Gasteiger partial charge < -0.3 is 0 Å². The molecule has 0 aromatic carbocycles. The number of allylic oxidation sites excluding steroid dienone is 3. The van der Waals surface area contributed by atoms with Crippen LogP contribution in [0.3, 0.4) is 0 Å². The molecule has 82 valence electrons. The molecule has 0 aliphatic heterocycles. The van der Waals surface area contributed by atoms with Crippen LogP contribution >= 0.6 is 0 Å². The fraction of sp³-hybridized carbons (Fsp3) is 0.733. The summed E-state index contributed by atoms with van der Waals surface area (Å²) in [5, 5.41) is 0. The molecule has 0 radical (unpaired) electrons. The van der Waals surface area contributed by atoms with E-state index in [-0.39, 0.29) is 0 Å². The molecule has 0 aromatic rings. The monoisotopic (exact) mass is 202 g/mol. The molecule has 0 aromatic heterocycles. The van der Waals surface area contributed by atoms with E-state index in [1.165, 1.54) is 31.3 Å². The van der Waals surface area contributed by atoms with E-state index in [1.54, 1.807) is 11.1 Å². The van der Waals surface area contributed by atoms with Crippen molar-refractivity contribution in [3.63, 3.8) is 0 Å². The van der Waals surface area contributed by atoms with Crippen molar-refractivity contribution in [1.82, 2.24) is 0 Å². The lowest BCUT2D eigenvalue weighted by Gasteiger charge is -2.17. The van der Waals surface area contributed by atoms with Crippen molar-refractivity contribution in [3.8, 4) is 0 Å². The molecule has 0 amide bonds. The van der Waals surface area contributed by atoms with Crippen molar-refractivity contribution in [2.24, 2.45) is 23.2 Å². The van der Waals surface area contributed by atoms with Crippen LogP contribution in [0, 0.1) is 23.2 Å². The molecule has 0 saturated heterocycles. The van der Waals surface area contributed by atoms with Crippen LogP contribution in [0.15, 0.2) is 23.3 Å². The van der Waals surface area contributed by atoms with Crippen LogP contribution in [-0.4, -0.2) is 0 Å². The quantitative estimate of drug-likeness (QED) is 0.513. The summed E-state index contributed by atoms with van der Waals surface area (Å²) < 4.78 is 0. The smallest absolute Gasteiger partial charge is 0.00434 e. The molecule has 0 bridgehead atoms. The molecule has 15 heavy (non-hydrogen) atoms. The first-order valence-corrected chi connectivity index (χ1v) is 6.39. The average molecular weight is 202 g/mol. The van der Waals surface area contributed by atoms with E-state index in [2.05, 4.69) is 27.4 Å². The molecule has 0 nitrogen and oxygen atoms in total. The zero-order valence-corrected chi connectivity index (χ0v) is 10.3. The molecular weight excluding hydrogens is 180 g/mol. The molecule has 0 unspecified atom stereocenters. The Morgan fingerprint density at radius 3 is 2.67 bits per heavy atom. The van der Waals surface area contributed by atoms with Gasteiger partial charge in [-0.05, 0) is 49.9 Å². The summed E-state index contributed by atoms with van der Waals surface area (Å²) in [6.07, 6.45) is 5.35. The van der Waals surface area contributed by atoms with Crippen LogP contribution < -0.4 is 0 Å². The Morgan fingerprint density at radius 2 is 1.93 bits per heavy atom. The van der Waals surface area contributed by atoms with Gasteiger partial charge in [0.1, 0.15) is 0 Å². The van der Waals surface area contributed by atoms with Gasteiger partial charge in [0.15, 0.2) is 0 Å². The van der Waals surface area contributed by atoms with E-state index in [0.717, 1.165) is 17.8 Å². The standard InChI is InChI=1S/C15H22/c1-9-6-8-12-14(15(12,3)4)13-10(2)5-7-11(9)13/h12-14H,2,5-8H2,1,3-4H3/t12-,13-,14-/m0/s1. The molecule has 2 saturated carbocycles. The summed E-state index contributed by atoms with van der Waals surface area (Å²) in [6.45, 7) is 11.6. The first-order valence-electron chi connectivity index (χ1n) is 6.39. The summed E-state index contributed by atoms with van der Waals surface area (Å²) >= 11 is 0. The number of rotatable bonds is 0. The third-order valence-electron chi connectivity index (χ3n) is 5.41. The highest BCUT2D eigenvalue weighted by atomic mass is 14.7. The van der Waals surface area contributed by atoms with Crippen LogP contribution in [0.1, 0.15) is 46.5 Å². The molecule has 3 aliphatic rings. The molecular formula is C15H22. The van der Waals surface area contributed by atoms with Crippen molar-refractivity contribution in [3.05, 3.63) is 23.3 Å². The van der Waals surface area contributed by atoms with E-state index >= 15 is 0 Å². The van der Waals surface area contributed by atoms with Gasteiger partial charge in [0.2, 0.25) is 0 Å². The number of fused-ring (bicyclic) bond motifs is 3. The van der Waals surface area contributed by atoms with Crippen molar-refractivity contribution in [2.75, 3.05) is 0 Å². The van der Waals surface area contributed by atoms with Gasteiger partial charge in [-0.1, -0.05) is 37.1 Å². The predicted octanol–water partition coefficient (Wildman–Crippen LogP) is 4.34. The summed E-state index contributed by atoms with van der Waals surface area (Å²) in [5.41, 5.74) is 5.61. The van der Waals surface area contributed by atoms with E-state index in [4.69, 9.17) is 0 Å². The molecule has 0 spiro atoms. The maximum Gasteiger partial charge on any atom is 0.00434 e. The van der Waals surface area contributed by atoms with Crippen LogP contribution in [-0.2, 0) is 0 Å². The zero-order chi connectivity index (χ0) is 10.8. The SMILES string of the molecule is C=C1CCC2=C(C)CC[C@H]3[C@@H]([C@@H]12)C3(C)C. The second-order valence-electron chi connectivity index (χ2n) is 6.43. The van der Waals surface area contributed by atoms with Crippen molar-refractivity contribution in [2.45, 2.75) is 46.5 Å². The Kier molecular flexibility index (Phi) is 1.80. The van der Waals surface area contributed by atoms with Crippen molar-refractivity contribution >= 4 is 0 Å². The highest BCUT2D eigenvalue weighted by Gasteiger charge is 2.62. The largest absolute Gasteiger partial charge is 0.0992 e. The molecule has 3 atom stereocenters. The topological polar surface area (TPSA) is 0 Å². The predicted molar refractivity (Wildman–Crippen MR) is 64.6 cm³/mol. The van der Waals surface area contributed by atoms with Crippen LogP contribution in [0.4, 0.5) is 0 Å². The molecule has 2 fully saturated rings. The summed E-state index contributed by atoms with van der Waals surface area (Å²) in [6, 6.07) is 0. The minimum Gasteiger partial charge on any atom is -0.0992 e. The highest BCUT2D eigenvalue weighted by molar-refractivity contribution is 5.37. The van der Waals surface area contributed by atoms with Crippen LogP contribution in [0.2, 0.25) is 0 Å². The molecule has 3 aliphatic carbocycles. The maximum atomic E-state index is 4.32. The molecule has 0 heterocycles. The fourth-order valence-corrected chi connectivity index (χ4v) is 4.33. The van der Waals surface area contributed by atoms with Crippen LogP contribution in [0.25, 0.3) is 0 Å². The summed E-state index contributed by atoms with van der Waals surface area (Å²) in [5.74, 6) is 2.68. The van der Waals surface area contributed by atoms with E-state index in [1.807, 2.05) is 0 Å². The lowest BCUT2D eigenvalue weighted by molar-refractivity contribution is 0.483. The normalized spacial score (nSPS) is 42.3. The summed E-state index contributed by atoms with van der Waals surface area (Å²) in [4.78, 5) is 0. The van der Waals surface area contributed by atoms with Gasteiger partial charge in [-0.3, -0.25) is 0 Å². The Balaban J connectivity index is 2.03. The van der Waals surface area contributed by atoms with Crippen molar-refractivity contribution in [1.29, 1.82) is 0 Å². The van der Waals surface area contributed by atoms with Gasteiger partial charge in [-0.25, -0.2) is 0 Å². The van der Waals surface area contributed by atoms with Crippen molar-refractivity contribution < 1.29 is 0 Å². The van der Waals surface area contributed by atoms with Gasteiger partial charge in [0.25, 0.3) is 0 Å². The van der Waals surface area contributed by atoms with Crippen LogP contribution in [0.5, 0.6) is 0 Å². The molecule has 3 rings (SSSR count). The van der Waals surface area contributed by atoms with Gasteiger partial charge in [0, 0.05) is 5.92 Å². The zero-order valence-electron chi connectivity index (χ0n) is 10.3. The number of hydrogen-bond acceptors (Lipinski definition) is 0. The van der Waals surface area contributed by atoms with Gasteiger partial charge in [-0.2, -0.15) is 0 Å². The lowest BCUT2D eigenvalue weighted by Crippen LogP contribution is -2.07. The minimum absolute atomic E-state index is 0.601. The molecule has 0 N–H and O–H groups in total. The highest BCUT2D eigenvalue weighted by Crippen LogP contribution is 2.69. The number of hydrogen-bond donors (Lipinski definition) is 0.